The van der Waals surface area contributed by atoms with E-state index in [0.29, 0.717) is 0 Å². The summed E-state index contributed by atoms with van der Waals surface area (Å²) >= 11 is 0. The van der Waals surface area contributed by atoms with Gasteiger partial charge < -0.3 is 5.84 Å². The second-order valence-corrected chi connectivity index (χ2v) is 3.44. The Hall–Kier alpha value is -1.57. The molecule has 0 unspecified atom stereocenters. The summed E-state index contributed by atoms with van der Waals surface area (Å²) in [6, 6.07) is 4.20. The molecule has 74 valence electrons. The first-order valence-electron chi connectivity index (χ1n) is 4.58. The van der Waals surface area contributed by atoms with Gasteiger partial charge in [-0.2, -0.15) is 5.10 Å². The molecule has 1 rings (SSSR count). The summed E-state index contributed by atoms with van der Waals surface area (Å²) in [5.74, 6) is 5.27. The highest BCUT2D eigenvalue weighted by Gasteiger charge is 2.05. The number of hydrazone groups is 1. The van der Waals surface area contributed by atoms with E-state index in [9.17, 15) is 0 Å². The second kappa shape index (κ2) is 4.09. The molecule has 0 heterocycles. The van der Waals surface area contributed by atoms with E-state index in [-0.39, 0.29) is 0 Å². The summed E-state index contributed by atoms with van der Waals surface area (Å²) in [5, 5.41) is 3.71. The van der Waals surface area contributed by atoms with E-state index in [0.717, 1.165) is 16.8 Å². The van der Waals surface area contributed by atoms with Crippen molar-refractivity contribution in [3.63, 3.8) is 0 Å². The summed E-state index contributed by atoms with van der Waals surface area (Å²) in [5.41, 5.74) is 5.48. The van der Waals surface area contributed by atoms with Gasteiger partial charge >= 0.3 is 0 Å². The lowest BCUT2D eigenvalue weighted by Gasteiger charge is -2.09. The van der Waals surface area contributed by atoms with Crippen molar-refractivity contribution in [1.29, 1.82) is 0 Å². The molecule has 0 atom stereocenters. The van der Waals surface area contributed by atoms with Gasteiger partial charge in [0, 0.05) is 5.56 Å². The lowest BCUT2D eigenvalue weighted by molar-refractivity contribution is 1.23. The zero-order valence-corrected chi connectivity index (χ0v) is 8.96. The quantitative estimate of drug-likeness (QED) is 0.432. The second-order valence-electron chi connectivity index (χ2n) is 3.44. The fourth-order valence-electron chi connectivity index (χ4n) is 1.39. The molecule has 2 nitrogen and oxygen atoms in total. The lowest BCUT2D eigenvalue weighted by Crippen LogP contribution is -2.02. The highest BCUT2D eigenvalue weighted by Crippen LogP contribution is 2.17. The molecule has 14 heavy (non-hydrogen) atoms. The molecule has 0 saturated carbocycles. The molecular weight excluding hydrogens is 172 g/mol. The predicted molar refractivity (Wildman–Crippen MR) is 62.4 cm³/mol. The zero-order chi connectivity index (χ0) is 10.7. The monoisotopic (exact) mass is 188 g/mol. The van der Waals surface area contributed by atoms with Gasteiger partial charge in [-0.1, -0.05) is 18.7 Å². The van der Waals surface area contributed by atoms with Crippen molar-refractivity contribution in [3.05, 3.63) is 41.0 Å². The van der Waals surface area contributed by atoms with Gasteiger partial charge in [-0.25, -0.2) is 0 Å². The van der Waals surface area contributed by atoms with E-state index in [1.807, 2.05) is 13.0 Å². The van der Waals surface area contributed by atoms with Crippen LogP contribution < -0.4 is 5.84 Å². The zero-order valence-electron chi connectivity index (χ0n) is 8.96. The molecule has 0 radical (unpaired) electrons. The Balaban J connectivity index is 3.42. The van der Waals surface area contributed by atoms with Crippen LogP contribution in [0.2, 0.25) is 0 Å². The van der Waals surface area contributed by atoms with Gasteiger partial charge in [0.2, 0.25) is 0 Å². The number of benzene rings is 1. The Kier molecular flexibility index (Phi) is 3.07. The summed E-state index contributed by atoms with van der Waals surface area (Å²) in [4.78, 5) is 0. The van der Waals surface area contributed by atoms with E-state index in [1.54, 1.807) is 0 Å². The summed E-state index contributed by atoms with van der Waals surface area (Å²) in [7, 11) is 0. The van der Waals surface area contributed by atoms with Crippen molar-refractivity contribution in [1.82, 2.24) is 0 Å². The van der Waals surface area contributed by atoms with Crippen molar-refractivity contribution >= 4 is 11.8 Å². The molecule has 0 aliphatic heterocycles. The first kappa shape index (κ1) is 10.5. The number of nitrogens with two attached hydrogens (primary N) is 1. The summed E-state index contributed by atoms with van der Waals surface area (Å²) in [6.07, 6.45) is 1.83. The third-order valence-electron chi connectivity index (χ3n) is 2.47. The van der Waals surface area contributed by atoms with Crippen LogP contribution in [0.1, 0.15) is 29.2 Å². The average Bonchev–Trinajstić information content (AvgIpc) is 2.20. The maximum absolute atomic E-state index is 5.27. The van der Waals surface area contributed by atoms with Gasteiger partial charge in [0.25, 0.3) is 0 Å². The normalized spacial score (nSPS) is 11.5. The highest BCUT2D eigenvalue weighted by atomic mass is 15.1. The maximum Gasteiger partial charge on any atom is 0.0647 e. The number of rotatable bonds is 2. The molecule has 0 fully saturated rings. The van der Waals surface area contributed by atoms with Crippen molar-refractivity contribution in [3.8, 4) is 0 Å². The molecule has 2 N–H and O–H groups in total. The van der Waals surface area contributed by atoms with Crippen molar-refractivity contribution in [2.24, 2.45) is 10.9 Å². The first-order valence-corrected chi connectivity index (χ1v) is 4.58. The fourth-order valence-corrected chi connectivity index (χ4v) is 1.39. The van der Waals surface area contributed by atoms with Gasteiger partial charge in [-0.3, -0.25) is 0 Å². The SMILES string of the molecule is C=Cc1cc(C)c(C)cc1/C(C)=N\N. The Morgan fingerprint density at radius 3 is 2.43 bits per heavy atom. The largest absolute Gasteiger partial charge is 0.323 e. The van der Waals surface area contributed by atoms with E-state index in [4.69, 9.17) is 5.84 Å². The average molecular weight is 188 g/mol. The molecule has 0 aliphatic carbocycles. The molecule has 1 aromatic carbocycles. The molecule has 0 saturated heterocycles. The minimum atomic E-state index is 0.836. The van der Waals surface area contributed by atoms with Crippen LogP contribution in [0, 0.1) is 13.8 Å². The van der Waals surface area contributed by atoms with Gasteiger partial charge in [0.05, 0.1) is 5.71 Å². The Morgan fingerprint density at radius 2 is 1.93 bits per heavy atom. The van der Waals surface area contributed by atoms with Crippen LogP contribution in [-0.4, -0.2) is 5.71 Å². The number of nitrogens with zero attached hydrogens (tertiary/aromatic N) is 1. The first-order chi connectivity index (χ1) is 6.60. The summed E-state index contributed by atoms with van der Waals surface area (Å²) < 4.78 is 0. The van der Waals surface area contributed by atoms with Crippen LogP contribution in [-0.2, 0) is 0 Å². The molecule has 1 aromatic rings. The highest BCUT2D eigenvalue weighted by molar-refractivity contribution is 6.01. The standard InChI is InChI=1S/C12H16N2/c1-5-11-6-8(2)9(3)7-12(11)10(4)14-13/h5-7H,1,13H2,2-4H3/b14-10-. The number of aryl methyl sites for hydroxylation is 2. The molecule has 0 aromatic heterocycles. The van der Waals surface area contributed by atoms with E-state index >= 15 is 0 Å². The molecule has 0 amide bonds. The van der Waals surface area contributed by atoms with Gasteiger partial charge in [0.1, 0.15) is 0 Å². The Bertz CT molecular complexity index is 390. The topological polar surface area (TPSA) is 38.4 Å². The van der Waals surface area contributed by atoms with Crippen LogP contribution >= 0.6 is 0 Å². The molecule has 0 spiro atoms. The third-order valence-corrected chi connectivity index (χ3v) is 2.47. The fraction of sp³-hybridized carbons (Fsp3) is 0.250. The van der Waals surface area contributed by atoms with Crippen molar-refractivity contribution < 1.29 is 0 Å². The molecule has 2 heteroatoms. The molecule has 0 aliphatic rings. The minimum Gasteiger partial charge on any atom is -0.323 e. The van der Waals surface area contributed by atoms with Gasteiger partial charge in [-0.05, 0) is 43.5 Å². The van der Waals surface area contributed by atoms with E-state index in [1.165, 1.54) is 11.1 Å². The van der Waals surface area contributed by atoms with Crippen LogP contribution in [0.15, 0.2) is 23.8 Å². The number of hydrogen-bond donors (Lipinski definition) is 1. The Labute approximate surface area is 85.1 Å². The smallest absolute Gasteiger partial charge is 0.0647 e. The van der Waals surface area contributed by atoms with Crippen LogP contribution in [0.25, 0.3) is 6.08 Å². The maximum atomic E-state index is 5.27. The van der Waals surface area contributed by atoms with Crippen LogP contribution in [0.3, 0.4) is 0 Å². The number of hydrogen-bond acceptors (Lipinski definition) is 2. The third kappa shape index (κ3) is 1.84. The van der Waals surface area contributed by atoms with Gasteiger partial charge in [0.15, 0.2) is 0 Å². The van der Waals surface area contributed by atoms with Crippen LogP contribution in [0.5, 0.6) is 0 Å². The molecule has 0 bridgehead atoms. The summed E-state index contributed by atoms with van der Waals surface area (Å²) in [6.45, 7) is 9.85. The molecular formula is C12H16N2. The minimum absolute atomic E-state index is 0.836. The predicted octanol–water partition coefficient (Wildman–Crippen LogP) is 2.63. The van der Waals surface area contributed by atoms with E-state index < -0.39 is 0 Å². The lowest BCUT2D eigenvalue weighted by atomic mass is 9.97. The van der Waals surface area contributed by atoms with Crippen molar-refractivity contribution in [2.75, 3.05) is 0 Å². The van der Waals surface area contributed by atoms with Crippen LogP contribution in [0.4, 0.5) is 0 Å². The Morgan fingerprint density at radius 1 is 1.36 bits per heavy atom. The van der Waals surface area contributed by atoms with E-state index in [2.05, 4.69) is 37.7 Å². The van der Waals surface area contributed by atoms with Crippen molar-refractivity contribution in [2.45, 2.75) is 20.8 Å². The van der Waals surface area contributed by atoms with Gasteiger partial charge in [-0.15, -0.1) is 0 Å².